The topological polar surface area (TPSA) is 49.4 Å². The minimum Gasteiger partial charge on any atom is -0.349 e. The van der Waals surface area contributed by atoms with Gasteiger partial charge in [-0.1, -0.05) is 73.5 Å². The zero-order valence-corrected chi connectivity index (χ0v) is 18.3. The molecule has 2 aromatic rings. The molecule has 1 unspecified atom stereocenters. The molecule has 0 aromatic heterocycles. The maximum atomic E-state index is 13.1. The summed E-state index contributed by atoms with van der Waals surface area (Å²) in [5, 5.41) is 3.39. The van der Waals surface area contributed by atoms with Gasteiger partial charge in [-0.2, -0.15) is 0 Å². The molecule has 1 N–H and O–H groups in total. The minimum absolute atomic E-state index is 0.00536. The van der Waals surface area contributed by atoms with Crippen LogP contribution in [0.15, 0.2) is 60.7 Å². The minimum atomic E-state index is 0.00536. The Morgan fingerprint density at radius 2 is 1.48 bits per heavy atom. The number of hydrogen-bond acceptors (Lipinski definition) is 2. The molecule has 0 spiro atoms. The van der Waals surface area contributed by atoms with Gasteiger partial charge in [0.15, 0.2) is 0 Å². The number of carbonyl (C=O) groups is 2. The van der Waals surface area contributed by atoms with Crippen molar-refractivity contribution in [2.45, 2.75) is 57.4 Å². The number of nitrogens with zero attached hydrogens (tertiary/aromatic N) is 1. The summed E-state index contributed by atoms with van der Waals surface area (Å²) in [4.78, 5) is 27.7. The first-order valence-electron chi connectivity index (χ1n) is 11.9. The van der Waals surface area contributed by atoms with Crippen LogP contribution >= 0.6 is 0 Å². The molecule has 1 atom stereocenters. The molecular weight excluding hydrogens is 384 g/mol. The summed E-state index contributed by atoms with van der Waals surface area (Å²) in [5.41, 5.74) is 2.42. The van der Waals surface area contributed by atoms with Gasteiger partial charge in [0, 0.05) is 25.4 Å². The van der Waals surface area contributed by atoms with E-state index in [0.717, 1.165) is 19.3 Å². The number of piperidine rings is 1. The molecule has 4 rings (SSSR count). The van der Waals surface area contributed by atoms with E-state index < -0.39 is 0 Å². The molecule has 164 valence electrons. The number of carbonyl (C=O) groups excluding carboxylic acids is 2. The monoisotopic (exact) mass is 418 g/mol. The Labute approximate surface area is 186 Å². The van der Waals surface area contributed by atoms with Gasteiger partial charge in [0.1, 0.15) is 0 Å². The average Bonchev–Trinajstić information content (AvgIpc) is 3.37. The van der Waals surface area contributed by atoms with Crippen LogP contribution in [0.5, 0.6) is 0 Å². The smallest absolute Gasteiger partial charge is 0.223 e. The highest BCUT2D eigenvalue weighted by Crippen LogP contribution is 2.36. The van der Waals surface area contributed by atoms with Crippen molar-refractivity contribution >= 4 is 11.8 Å². The fourth-order valence-electron chi connectivity index (χ4n) is 5.14. The van der Waals surface area contributed by atoms with Crippen LogP contribution in [0.2, 0.25) is 0 Å². The molecule has 1 saturated carbocycles. The van der Waals surface area contributed by atoms with Gasteiger partial charge in [0.05, 0.1) is 6.04 Å². The van der Waals surface area contributed by atoms with Crippen molar-refractivity contribution in [3.8, 4) is 0 Å². The Hall–Kier alpha value is -2.62. The predicted molar refractivity (Wildman–Crippen MR) is 123 cm³/mol. The zero-order chi connectivity index (χ0) is 21.5. The van der Waals surface area contributed by atoms with Crippen molar-refractivity contribution in [3.05, 3.63) is 71.8 Å². The van der Waals surface area contributed by atoms with Gasteiger partial charge in [0.2, 0.25) is 11.8 Å². The summed E-state index contributed by atoms with van der Waals surface area (Å²) in [6.45, 7) is 1.37. The Bertz CT molecular complexity index is 838. The molecule has 0 radical (unpaired) electrons. The van der Waals surface area contributed by atoms with Crippen LogP contribution in [0.25, 0.3) is 0 Å². The Balaban J connectivity index is 1.28. The molecule has 2 aromatic carbocycles. The molecule has 0 bridgehead atoms. The number of benzene rings is 2. The number of nitrogens with one attached hydrogen (secondary N) is 1. The number of amides is 2. The fraction of sp³-hybridized carbons (Fsp3) is 0.481. The van der Waals surface area contributed by atoms with E-state index in [1.807, 2.05) is 29.2 Å². The van der Waals surface area contributed by atoms with Crippen molar-refractivity contribution in [2.75, 3.05) is 13.1 Å². The van der Waals surface area contributed by atoms with Gasteiger partial charge in [-0.25, -0.2) is 0 Å². The van der Waals surface area contributed by atoms with E-state index in [0.29, 0.717) is 25.4 Å². The Kier molecular flexibility index (Phi) is 7.39. The lowest BCUT2D eigenvalue weighted by Crippen LogP contribution is -2.44. The lowest BCUT2D eigenvalue weighted by Gasteiger charge is -2.33. The van der Waals surface area contributed by atoms with Crippen molar-refractivity contribution in [1.82, 2.24) is 10.2 Å². The van der Waals surface area contributed by atoms with Crippen LogP contribution in [-0.2, 0) is 16.0 Å². The molecule has 1 aliphatic carbocycles. The Morgan fingerprint density at radius 1 is 0.871 bits per heavy atom. The second-order valence-electron chi connectivity index (χ2n) is 9.08. The lowest BCUT2D eigenvalue weighted by molar-refractivity contribution is -0.136. The maximum Gasteiger partial charge on any atom is 0.223 e. The van der Waals surface area contributed by atoms with Gasteiger partial charge < -0.3 is 10.2 Å². The van der Waals surface area contributed by atoms with Crippen LogP contribution in [0.1, 0.15) is 62.1 Å². The molecule has 2 fully saturated rings. The van der Waals surface area contributed by atoms with E-state index in [-0.39, 0.29) is 23.8 Å². The van der Waals surface area contributed by atoms with Gasteiger partial charge in [-0.3, -0.25) is 9.59 Å². The molecule has 2 amide bonds. The average molecular weight is 419 g/mol. The van der Waals surface area contributed by atoms with Crippen molar-refractivity contribution in [2.24, 2.45) is 11.8 Å². The molecule has 4 heteroatoms. The molecule has 1 aliphatic heterocycles. The summed E-state index contributed by atoms with van der Waals surface area (Å²) in [6.07, 6.45) is 7.73. The summed E-state index contributed by atoms with van der Waals surface area (Å²) < 4.78 is 0. The highest BCUT2D eigenvalue weighted by Gasteiger charge is 2.32. The van der Waals surface area contributed by atoms with Gasteiger partial charge in [-0.15, -0.1) is 0 Å². The highest BCUT2D eigenvalue weighted by atomic mass is 16.2. The first-order chi connectivity index (χ1) is 15.2. The fourth-order valence-corrected chi connectivity index (χ4v) is 5.14. The summed E-state index contributed by atoms with van der Waals surface area (Å²) in [7, 11) is 0. The number of hydrogen-bond donors (Lipinski definition) is 1. The van der Waals surface area contributed by atoms with Crippen LogP contribution in [-0.4, -0.2) is 29.8 Å². The van der Waals surface area contributed by atoms with E-state index in [2.05, 4.69) is 41.7 Å². The van der Waals surface area contributed by atoms with Crippen LogP contribution in [0.3, 0.4) is 0 Å². The largest absolute Gasteiger partial charge is 0.349 e. The van der Waals surface area contributed by atoms with E-state index in [9.17, 15) is 9.59 Å². The number of aryl methyl sites for hydroxylation is 1. The maximum absolute atomic E-state index is 13.1. The quantitative estimate of drug-likeness (QED) is 0.695. The zero-order valence-electron chi connectivity index (χ0n) is 18.3. The third-order valence-electron chi connectivity index (χ3n) is 7.02. The van der Waals surface area contributed by atoms with Gasteiger partial charge >= 0.3 is 0 Å². The summed E-state index contributed by atoms with van der Waals surface area (Å²) in [5.74, 6) is 0.907. The van der Waals surface area contributed by atoms with Gasteiger partial charge in [-0.05, 0) is 49.1 Å². The normalized spacial score (nSPS) is 18.6. The molecule has 2 aliphatic rings. The molecule has 31 heavy (non-hydrogen) atoms. The Morgan fingerprint density at radius 3 is 2.13 bits per heavy atom. The summed E-state index contributed by atoms with van der Waals surface area (Å²) in [6, 6.07) is 20.7. The summed E-state index contributed by atoms with van der Waals surface area (Å²) >= 11 is 0. The van der Waals surface area contributed by atoms with Gasteiger partial charge in [0.25, 0.3) is 0 Å². The first-order valence-corrected chi connectivity index (χ1v) is 11.9. The number of rotatable bonds is 7. The standard InChI is InChI=1S/C27H34N2O2/c30-25(16-15-21-9-3-1-4-10-21)29-19-17-24(18-20-29)27(31)28-26(23-13-7-8-14-23)22-11-5-2-6-12-22/h1-6,9-12,23-24,26H,7-8,13-20H2,(H,28,31). The molecule has 1 heterocycles. The van der Waals surface area contributed by atoms with Crippen LogP contribution in [0.4, 0.5) is 0 Å². The third kappa shape index (κ3) is 5.75. The van der Waals surface area contributed by atoms with Crippen LogP contribution in [0, 0.1) is 11.8 Å². The first kappa shape index (κ1) is 21.6. The van der Waals surface area contributed by atoms with E-state index in [4.69, 9.17) is 0 Å². The van der Waals surface area contributed by atoms with E-state index >= 15 is 0 Å². The molecule has 1 saturated heterocycles. The molecular formula is C27H34N2O2. The molecule has 4 nitrogen and oxygen atoms in total. The second-order valence-corrected chi connectivity index (χ2v) is 9.08. The van der Waals surface area contributed by atoms with E-state index in [1.165, 1.54) is 36.8 Å². The predicted octanol–water partition coefficient (Wildman–Crippen LogP) is 4.91. The highest BCUT2D eigenvalue weighted by molar-refractivity contribution is 5.80. The van der Waals surface area contributed by atoms with Crippen molar-refractivity contribution in [1.29, 1.82) is 0 Å². The third-order valence-corrected chi connectivity index (χ3v) is 7.02. The van der Waals surface area contributed by atoms with Crippen molar-refractivity contribution < 1.29 is 9.59 Å². The van der Waals surface area contributed by atoms with Crippen molar-refractivity contribution in [3.63, 3.8) is 0 Å². The SMILES string of the molecule is O=C(NC(c1ccccc1)C1CCCC1)C1CCN(C(=O)CCc2ccccc2)CC1. The second kappa shape index (κ2) is 10.6. The number of likely N-dealkylation sites (tertiary alicyclic amines) is 1. The lowest BCUT2D eigenvalue weighted by atomic mass is 9.89. The van der Waals surface area contributed by atoms with Crippen LogP contribution < -0.4 is 5.32 Å². The van der Waals surface area contributed by atoms with E-state index in [1.54, 1.807) is 0 Å².